The lowest BCUT2D eigenvalue weighted by Crippen LogP contribution is -2.56. The summed E-state index contributed by atoms with van der Waals surface area (Å²) in [6.45, 7) is 0. The maximum Gasteiger partial charge on any atom is 0.233 e. The first-order valence-electron chi connectivity index (χ1n) is 8.09. The van der Waals surface area contributed by atoms with Crippen molar-refractivity contribution in [2.75, 3.05) is 0 Å². The molecular formula is C17H14N4O3S3. The van der Waals surface area contributed by atoms with E-state index in [9.17, 15) is 14.4 Å². The van der Waals surface area contributed by atoms with Gasteiger partial charge in [0.2, 0.25) is 16.9 Å². The van der Waals surface area contributed by atoms with Crippen LogP contribution in [-0.2, 0) is 20.8 Å². The Bertz CT molecular complexity index is 930. The van der Waals surface area contributed by atoms with Gasteiger partial charge in [-0.05, 0) is 5.56 Å². The average Bonchev–Trinajstić information content (AvgIpc) is 3.15. The molecule has 2 amide bonds. The van der Waals surface area contributed by atoms with Gasteiger partial charge in [-0.2, -0.15) is 0 Å². The third kappa shape index (κ3) is 3.52. The van der Waals surface area contributed by atoms with Crippen LogP contribution in [-0.4, -0.2) is 42.8 Å². The number of carbonyl (C=O) groups is 3. The second kappa shape index (κ2) is 7.45. The van der Waals surface area contributed by atoms with Crippen molar-refractivity contribution >= 4 is 58.2 Å². The first-order chi connectivity index (χ1) is 13.0. The standard InChI is InChI=1S/C17H14N4O3S3/c22-10(6-9-4-2-1-3-5-9)19-15-13(16-20-18-8-26-16)14(17(24)25)21-11(23)7-12(21)27-15/h1-5,8,12,15H,6-7H2,(H,19,22)(H,24,25)/t12-,15?/m1/s1. The summed E-state index contributed by atoms with van der Waals surface area (Å²) < 4.78 is 0. The molecule has 1 saturated heterocycles. The quantitative estimate of drug-likeness (QED) is 0.567. The largest absolute Gasteiger partial charge is 0.340 e. The summed E-state index contributed by atoms with van der Waals surface area (Å²) in [5.41, 5.74) is 3.09. The van der Waals surface area contributed by atoms with E-state index in [1.807, 2.05) is 30.3 Å². The zero-order valence-corrected chi connectivity index (χ0v) is 16.4. The van der Waals surface area contributed by atoms with Crippen LogP contribution in [0.5, 0.6) is 0 Å². The molecule has 138 valence electrons. The monoisotopic (exact) mass is 418 g/mol. The molecule has 4 rings (SSSR count). The number of nitrogens with zero attached hydrogens (tertiary/aromatic N) is 3. The summed E-state index contributed by atoms with van der Waals surface area (Å²) in [7, 11) is 0. The second-order valence-electron chi connectivity index (χ2n) is 5.98. The van der Waals surface area contributed by atoms with Crippen molar-refractivity contribution in [3.05, 3.63) is 52.1 Å². The summed E-state index contributed by atoms with van der Waals surface area (Å²) in [4.78, 5) is 38.3. The van der Waals surface area contributed by atoms with Crippen LogP contribution in [0.15, 0.2) is 41.5 Å². The Balaban J connectivity index is 1.66. The number of aromatic nitrogens is 2. The highest BCUT2D eigenvalue weighted by Gasteiger charge is 2.49. The first kappa shape index (κ1) is 18.2. The number of amides is 2. The van der Waals surface area contributed by atoms with Gasteiger partial charge in [-0.1, -0.05) is 43.0 Å². The molecule has 1 fully saturated rings. The number of nitrogens with one attached hydrogen (secondary N) is 1. The number of thiol groups is 1. The molecule has 1 aromatic carbocycles. The van der Waals surface area contributed by atoms with Gasteiger partial charge in [0.05, 0.1) is 23.8 Å². The summed E-state index contributed by atoms with van der Waals surface area (Å²) in [6, 6.07) is 9.40. The zero-order valence-electron chi connectivity index (χ0n) is 13.9. The van der Waals surface area contributed by atoms with Crippen LogP contribution in [0.3, 0.4) is 0 Å². The van der Waals surface area contributed by atoms with Crippen LogP contribution >= 0.6 is 35.7 Å². The van der Waals surface area contributed by atoms with Gasteiger partial charge in [-0.3, -0.25) is 19.3 Å². The fourth-order valence-corrected chi connectivity index (χ4v) is 5.44. The Morgan fingerprint density at radius 1 is 1.30 bits per heavy atom. The maximum absolute atomic E-state index is 12.6. The number of thioether (sulfide) groups is 1. The van der Waals surface area contributed by atoms with Crippen molar-refractivity contribution in [3.8, 4) is 0 Å². The molecule has 10 heteroatoms. The number of fused-ring (bicyclic) bond motifs is 1. The first-order valence-corrected chi connectivity index (χ1v) is 10.4. The molecule has 0 saturated carbocycles. The molecule has 2 atom stereocenters. The van der Waals surface area contributed by atoms with Crippen LogP contribution in [0.1, 0.15) is 17.0 Å². The molecular weight excluding hydrogens is 404 g/mol. The fourth-order valence-electron chi connectivity index (χ4n) is 3.05. The molecule has 0 aliphatic carbocycles. The van der Waals surface area contributed by atoms with Crippen LogP contribution in [0, 0.1) is 0 Å². The Morgan fingerprint density at radius 2 is 2.07 bits per heavy atom. The zero-order chi connectivity index (χ0) is 19.0. The van der Waals surface area contributed by atoms with Crippen molar-refractivity contribution in [3.63, 3.8) is 0 Å². The molecule has 1 N–H and O–H groups in total. The van der Waals surface area contributed by atoms with E-state index in [-0.39, 0.29) is 29.3 Å². The summed E-state index contributed by atoms with van der Waals surface area (Å²) >= 11 is 6.63. The van der Waals surface area contributed by atoms with Crippen LogP contribution in [0.4, 0.5) is 0 Å². The van der Waals surface area contributed by atoms with E-state index in [2.05, 4.69) is 28.1 Å². The number of benzene rings is 1. The van der Waals surface area contributed by atoms with E-state index in [0.717, 1.165) is 5.56 Å². The third-order valence-corrected chi connectivity index (χ3v) is 6.50. The van der Waals surface area contributed by atoms with Crippen molar-refractivity contribution in [2.24, 2.45) is 0 Å². The summed E-state index contributed by atoms with van der Waals surface area (Å²) in [6.07, 6.45) is 0.544. The van der Waals surface area contributed by atoms with Gasteiger partial charge in [0.15, 0.2) is 0 Å². The number of carbonyl (C=O) groups excluding carboxylic acids is 3. The highest BCUT2D eigenvalue weighted by molar-refractivity contribution is 8.01. The number of hydrogen-bond donors (Lipinski definition) is 2. The van der Waals surface area contributed by atoms with Crippen molar-refractivity contribution < 1.29 is 14.4 Å². The molecule has 7 nitrogen and oxygen atoms in total. The second-order valence-corrected chi connectivity index (χ2v) is 8.51. The topological polar surface area (TPSA) is 92.3 Å². The number of β-lactam (4-membered cyclic amide) rings is 1. The molecule has 1 aromatic heterocycles. The van der Waals surface area contributed by atoms with Crippen LogP contribution in [0.2, 0.25) is 0 Å². The van der Waals surface area contributed by atoms with Gasteiger partial charge in [0, 0.05) is 0 Å². The lowest BCUT2D eigenvalue weighted by atomic mass is 10.1. The van der Waals surface area contributed by atoms with E-state index in [4.69, 9.17) is 0 Å². The predicted molar refractivity (Wildman–Crippen MR) is 106 cm³/mol. The van der Waals surface area contributed by atoms with Crippen molar-refractivity contribution in [1.29, 1.82) is 0 Å². The third-order valence-electron chi connectivity index (χ3n) is 4.25. The number of hydrogen-bond acceptors (Lipinski definition) is 7. The van der Waals surface area contributed by atoms with E-state index in [1.54, 1.807) is 5.51 Å². The average molecular weight is 419 g/mol. The molecule has 0 spiro atoms. The minimum atomic E-state index is -0.527. The lowest BCUT2D eigenvalue weighted by Gasteiger charge is -2.46. The molecule has 1 unspecified atom stereocenters. The van der Waals surface area contributed by atoms with Gasteiger partial charge in [0.1, 0.15) is 21.6 Å². The highest BCUT2D eigenvalue weighted by atomic mass is 32.2. The highest BCUT2D eigenvalue weighted by Crippen LogP contribution is 2.47. The maximum atomic E-state index is 12.6. The van der Waals surface area contributed by atoms with Crippen LogP contribution < -0.4 is 5.32 Å². The Kier molecular flexibility index (Phi) is 5.02. The summed E-state index contributed by atoms with van der Waals surface area (Å²) in [5.74, 6) is -0.313. The van der Waals surface area contributed by atoms with Crippen molar-refractivity contribution in [1.82, 2.24) is 20.4 Å². The minimum Gasteiger partial charge on any atom is -0.340 e. The SMILES string of the molecule is O=C(Cc1ccccc1)NC1S[C@@H]2CC(=O)N2C(C(=O)S)=C1c1nncs1. The molecule has 0 radical (unpaired) electrons. The van der Waals surface area contributed by atoms with E-state index >= 15 is 0 Å². The summed E-state index contributed by atoms with van der Waals surface area (Å²) in [5, 5.41) is 10.1. The van der Waals surface area contributed by atoms with Gasteiger partial charge in [-0.25, -0.2) is 0 Å². The lowest BCUT2D eigenvalue weighted by molar-refractivity contribution is -0.140. The molecule has 3 heterocycles. The number of rotatable bonds is 5. The van der Waals surface area contributed by atoms with Gasteiger partial charge in [-0.15, -0.1) is 33.3 Å². The van der Waals surface area contributed by atoms with E-state index in [1.165, 1.54) is 28.0 Å². The van der Waals surface area contributed by atoms with E-state index < -0.39 is 10.5 Å². The molecule has 2 aliphatic rings. The minimum absolute atomic E-state index is 0.138. The van der Waals surface area contributed by atoms with Crippen molar-refractivity contribution in [2.45, 2.75) is 23.6 Å². The molecule has 27 heavy (non-hydrogen) atoms. The van der Waals surface area contributed by atoms with Crippen LogP contribution in [0.25, 0.3) is 5.57 Å². The Hall–Kier alpha value is -2.17. The van der Waals surface area contributed by atoms with E-state index in [0.29, 0.717) is 17.0 Å². The molecule has 0 bridgehead atoms. The smallest absolute Gasteiger partial charge is 0.233 e. The van der Waals surface area contributed by atoms with Gasteiger partial charge < -0.3 is 5.32 Å². The fraction of sp³-hybridized carbons (Fsp3) is 0.235. The Morgan fingerprint density at radius 3 is 2.70 bits per heavy atom. The molecule has 2 aliphatic heterocycles. The Labute approximate surface area is 168 Å². The molecule has 2 aromatic rings. The van der Waals surface area contributed by atoms with Gasteiger partial charge in [0.25, 0.3) is 0 Å². The normalized spacial score (nSPS) is 21.5. The predicted octanol–water partition coefficient (Wildman–Crippen LogP) is 1.70. The van der Waals surface area contributed by atoms with Gasteiger partial charge >= 0.3 is 0 Å².